The fourth-order valence-electron chi connectivity index (χ4n) is 6.41. The second-order valence-electron chi connectivity index (χ2n) is 10.9. The lowest BCUT2D eigenvalue weighted by Gasteiger charge is -2.10. The highest BCUT2D eigenvalue weighted by Crippen LogP contribution is 2.38. The van der Waals surface area contributed by atoms with Gasteiger partial charge in [0, 0.05) is 44.7 Å². The Morgan fingerprint density at radius 2 is 0.889 bits per heavy atom. The molecule has 45 heavy (non-hydrogen) atoms. The van der Waals surface area contributed by atoms with Crippen molar-refractivity contribution in [1.29, 1.82) is 0 Å². The Bertz CT molecular complexity index is 2610. The van der Waals surface area contributed by atoms with E-state index in [1.807, 2.05) is 89.5 Å². The van der Waals surface area contributed by atoms with Crippen LogP contribution in [0.15, 0.2) is 130 Å². The predicted molar refractivity (Wildman–Crippen MR) is 175 cm³/mol. The Kier molecular flexibility index (Phi) is 4.84. The fourth-order valence-corrected chi connectivity index (χ4v) is 6.41. The van der Waals surface area contributed by atoms with Crippen molar-refractivity contribution < 1.29 is 8.83 Å². The zero-order valence-electron chi connectivity index (χ0n) is 23.5. The summed E-state index contributed by atoms with van der Waals surface area (Å²) in [5.41, 5.74) is 5.95. The molecule has 6 aromatic heterocycles. The van der Waals surface area contributed by atoms with E-state index in [-0.39, 0.29) is 0 Å². The lowest BCUT2D eigenvalue weighted by atomic mass is 10.1. The van der Waals surface area contributed by atoms with Crippen molar-refractivity contribution in [3.63, 3.8) is 0 Å². The van der Waals surface area contributed by atoms with Crippen molar-refractivity contribution in [1.82, 2.24) is 29.5 Å². The predicted octanol–water partition coefficient (Wildman–Crippen LogP) is 8.89. The van der Waals surface area contributed by atoms with Gasteiger partial charge >= 0.3 is 0 Å². The number of pyridine rings is 2. The first-order chi connectivity index (χ1) is 22.3. The summed E-state index contributed by atoms with van der Waals surface area (Å²) in [7, 11) is 0. The van der Waals surface area contributed by atoms with E-state index >= 15 is 0 Å². The van der Waals surface area contributed by atoms with E-state index in [4.69, 9.17) is 33.8 Å². The molecule has 10 rings (SSSR count). The molecule has 0 fully saturated rings. The number of benzene rings is 4. The number of furan rings is 2. The molecule has 10 aromatic rings. The van der Waals surface area contributed by atoms with Crippen molar-refractivity contribution >= 4 is 65.9 Å². The van der Waals surface area contributed by atoms with Crippen LogP contribution in [0.2, 0.25) is 0 Å². The van der Waals surface area contributed by atoms with Crippen molar-refractivity contribution in [2.75, 3.05) is 0 Å². The van der Waals surface area contributed by atoms with Crippen LogP contribution < -0.4 is 0 Å². The summed E-state index contributed by atoms with van der Waals surface area (Å²) >= 11 is 0. The van der Waals surface area contributed by atoms with Crippen molar-refractivity contribution in [2.24, 2.45) is 0 Å². The normalized spacial score (nSPS) is 12.0. The maximum atomic E-state index is 6.41. The lowest BCUT2D eigenvalue weighted by Crippen LogP contribution is -2.07. The number of fused-ring (bicyclic) bond motifs is 9. The van der Waals surface area contributed by atoms with Gasteiger partial charge in [0.2, 0.25) is 5.95 Å². The summed E-state index contributed by atoms with van der Waals surface area (Å²) in [5.74, 6) is 1.33. The highest BCUT2D eigenvalue weighted by molar-refractivity contribution is 6.11. The molecule has 0 N–H and O–H groups in total. The zero-order valence-corrected chi connectivity index (χ0v) is 23.5. The van der Waals surface area contributed by atoms with E-state index in [0.717, 1.165) is 54.6 Å². The van der Waals surface area contributed by atoms with E-state index in [1.165, 1.54) is 0 Å². The minimum atomic E-state index is 0.397. The summed E-state index contributed by atoms with van der Waals surface area (Å²) in [4.78, 5) is 24.7. The standard InChI is InChI=1S/C37H20N6O2/c1-3-17-29-21(9-1)23-11-5-13-27(31(23)44-29)33-40-34(28-14-6-12-24-22-10-2-4-18-30(22)45-32(24)28)42-37(41-33)43-35-25(15-7-19-38-35)26-16-8-20-39-36(26)43/h1-20H. The number of nitrogens with zero attached hydrogens (tertiary/aromatic N) is 6. The van der Waals surface area contributed by atoms with Crippen LogP contribution in [0, 0.1) is 0 Å². The summed E-state index contributed by atoms with van der Waals surface area (Å²) in [5, 5.41) is 5.97. The molecular weight excluding hydrogens is 560 g/mol. The van der Waals surface area contributed by atoms with Crippen LogP contribution in [0.3, 0.4) is 0 Å². The molecule has 0 aliphatic carbocycles. The number of hydrogen-bond donors (Lipinski definition) is 0. The zero-order chi connectivity index (χ0) is 29.5. The van der Waals surface area contributed by atoms with Gasteiger partial charge < -0.3 is 8.83 Å². The molecule has 0 aliphatic rings. The summed E-state index contributed by atoms with van der Waals surface area (Å²) in [6.45, 7) is 0. The summed E-state index contributed by atoms with van der Waals surface area (Å²) in [6.07, 6.45) is 3.54. The molecule has 8 heteroatoms. The van der Waals surface area contributed by atoms with Gasteiger partial charge in [-0.25, -0.2) is 19.5 Å². The van der Waals surface area contributed by atoms with Crippen LogP contribution in [0.5, 0.6) is 0 Å². The van der Waals surface area contributed by atoms with Gasteiger partial charge in [0.25, 0.3) is 0 Å². The molecular formula is C37H20N6O2. The SMILES string of the molecule is c1ccc2c(c1)oc1c(-c3nc(-c4cccc5c4oc4ccccc45)nc(-n4c5ncccc5c5cccnc54)n3)cccc12. The molecule has 0 bridgehead atoms. The average Bonchev–Trinajstić information content (AvgIpc) is 3.77. The van der Waals surface area contributed by atoms with Gasteiger partial charge in [-0.15, -0.1) is 0 Å². The third-order valence-corrected chi connectivity index (χ3v) is 8.40. The van der Waals surface area contributed by atoms with Crippen LogP contribution in [0.1, 0.15) is 0 Å². The number of aromatic nitrogens is 6. The van der Waals surface area contributed by atoms with E-state index in [0.29, 0.717) is 40.1 Å². The molecule has 8 nitrogen and oxygen atoms in total. The quantitative estimate of drug-likeness (QED) is 0.206. The monoisotopic (exact) mass is 580 g/mol. The Morgan fingerprint density at radius 1 is 0.422 bits per heavy atom. The first-order valence-electron chi connectivity index (χ1n) is 14.6. The van der Waals surface area contributed by atoms with Gasteiger partial charge in [-0.05, 0) is 48.5 Å². The molecule has 0 aliphatic heterocycles. The maximum absolute atomic E-state index is 6.41. The average molecular weight is 581 g/mol. The molecule has 6 heterocycles. The van der Waals surface area contributed by atoms with Crippen molar-refractivity contribution in [3.05, 3.63) is 122 Å². The third kappa shape index (κ3) is 3.44. The van der Waals surface area contributed by atoms with E-state index in [9.17, 15) is 0 Å². The van der Waals surface area contributed by atoms with Crippen LogP contribution in [-0.2, 0) is 0 Å². The second-order valence-corrected chi connectivity index (χ2v) is 10.9. The Balaban J connectivity index is 1.32. The van der Waals surface area contributed by atoms with Crippen LogP contribution in [0.25, 0.3) is 94.7 Å². The number of para-hydroxylation sites is 4. The number of rotatable bonds is 3. The van der Waals surface area contributed by atoms with Gasteiger partial charge in [0.15, 0.2) is 11.6 Å². The largest absolute Gasteiger partial charge is 0.455 e. The molecule has 0 saturated heterocycles. The van der Waals surface area contributed by atoms with E-state index in [2.05, 4.69) is 24.3 Å². The van der Waals surface area contributed by atoms with Crippen molar-refractivity contribution in [2.45, 2.75) is 0 Å². The van der Waals surface area contributed by atoms with Crippen LogP contribution in [-0.4, -0.2) is 29.5 Å². The highest BCUT2D eigenvalue weighted by atomic mass is 16.3. The molecule has 0 atom stereocenters. The second kappa shape index (κ2) is 9.05. The Hall–Kier alpha value is -6.41. The minimum Gasteiger partial charge on any atom is -0.455 e. The molecule has 0 radical (unpaired) electrons. The van der Waals surface area contributed by atoms with Gasteiger partial charge in [0.1, 0.15) is 33.6 Å². The van der Waals surface area contributed by atoms with E-state index in [1.54, 1.807) is 12.4 Å². The summed E-state index contributed by atoms with van der Waals surface area (Å²) < 4.78 is 14.7. The lowest BCUT2D eigenvalue weighted by molar-refractivity contribution is 0.669. The molecule has 0 amide bonds. The van der Waals surface area contributed by atoms with Crippen LogP contribution in [0.4, 0.5) is 0 Å². The minimum absolute atomic E-state index is 0.397. The highest BCUT2D eigenvalue weighted by Gasteiger charge is 2.22. The van der Waals surface area contributed by atoms with Crippen molar-refractivity contribution in [3.8, 4) is 28.7 Å². The first kappa shape index (κ1) is 24.1. The fraction of sp³-hybridized carbons (Fsp3) is 0. The van der Waals surface area contributed by atoms with E-state index < -0.39 is 0 Å². The smallest absolute Gasteiger partial charge is 0.241 e. The third-order valence-electron chi connectivity index (χ3n) is 8.40. The molecule has 0 saturated carbocycles. The Labute approximate surface area is 254 Å². The van der Waals surface area contributed by atoms with Gasteiger partial charge in [0.05, 0.1) is 11.1 Å². The number of hydrogen-bond acceptors (Lipinski definition) is 7. The van der Waals surface area contributed by atoms with Crippen LogP contribution >= 0.6 is 0 Å². The molecule has 210 valence electrons. The first-order valence-corrected chi connectivity index (χ1v) is 14.6. The Morgan fingerprint density at radius 3 is 1.42 bits per heavy atom. The molecule has 4 aromatic carbocycles. The van der Waals surface area contributed by atoms with Gasteiger partial charge in [-0.1, -0.05) is 60.7 Å². The van der Waals surface area contributed by atoms with Gasteiger partial charge in [-0.3, -0.25) is 0 Å². The van der Waals surface area contributed by atoms with Gasteiger partial charge in [-0.2, -0.15) is 9.97 Å². The summed E-state index contributed by atoms with van der Waals surface area (Å²) in [6, 6.07) is 36.1. The molecule has 0 spiro atoms. The molecule has 0 unspecified atom stereocenters. The topological polar surface area (TPSA) is 95.7 Å². The maximum Gasteiger partial charge on any atom is 0.241 e.